The van der Waals surface area contributed by atoms with Crippen molar-refractivity contribution >= 4 is 51.7 Å². The third-order valence-electron chi connectivity index (χ3n) is 8.02. The number of nitrogens with zero attached hydrogens (tertiary/aromatic N) is 3. The number of aryl methyl sites for hydroxylation is 1. The van der Waals surface area contributed by atoms with Crippen molar-refractivity contribution in [2.75, 3.05) is 0 Å². The minimum atomic E-state index is -1.03. The lowest BCUT2D eigenvalue weighted by Gasteiger charge is -2.11. The lowest BCUT2D eigenvalue weighted by atomic mass is 10.0. The monoisotopic (exact) mass is 607 g/mol. The van der Waals surface area contributed by atoms with Gasteiger partial charge in [-0.3, -0.25) is 4.68 Å². The van der Waals surface area contributed by atoms with Crippen molar-refractivity contribution in [3.05, 3.63) is 97.8 Å². The number of rotatable bonds is 8. The molecule has 2 saturated carbocycles. The van der Waals surface area contributed by atoms with E-state index in [1.807, 2.05) is 36.4 Å². The van der Waals surface area contributed by atoms with Crippen molar-refractivity contribution in [3.8, 4) is 17.0 Å². The Morgan fingerprint density at radius 2 is 1.83 bits per heavy atom. The average Bonchev–Trinajstić information content (AvgIpc) is 3.87. The second-order valence-electron chi connectivity index (χ2n) is 10.7. The molecule has 41 heavy (non-hydrogen) atoms. The fourth-order valence-electron chi connectivity index (χ4n) is 5.67. The number of halogens is 3. The fraction of sp³-hybridized carbons (Fsp3) is 0.258. The van der Waals surface area contributed by atoms with Gasteiger partial charge in [-0.05, 0) is 72.6 Å². The van der Waals surface area contributed by atoms with Crippen molar-refractivity contribution in [1.82, 2.24) is 14.9 Å². The van der Waals surface area contributed by atoms with Crippen LogP contribution in [-0.2, 0) is 13.7 Å². The first-order chi connectivity index (χ1) is 19.8. The van der Waals surface area contributed by atoms with Gasteiger partial charge in [0.25, 0.3) is 0 Å². The molecule has 7 nitrogen and oxygen atoms in total. The van der Waals surface area contributed by atoms with Crippen molar-refractivity contribution in [3.63, 3.8) is 0 Å². The van der Waals surface area contributed by atoms with Gasteiger partial charge in [-0.25, -0.2) is 4.79 Å². The molecule has 2 heterocycles. The van der Waals surface area contributed by atoms with Gasteiger partial charge in [-0.1, -0.05) is 64.2 Å². The van der Waals surface area contributed by atoms with E-state index in [0.29, 0.717) is 49.3 Å². The van der Waals surface area contributed by atoms with Crippen molar-refractivity contribution < 1.29 is 19.2 Å². The molecule has 0 radical (unpaired) electrons. The van der Waals surface area contributed by atoms with E-state index in [-0.39, 0.29) is 18.2 Å². The molecule has 0 spiro atoms. The van der Waals surface area contributed by atoms with Crippen molar-refractivity contribution in [1.29, 1.82) is 0 Å². The summed E-state index contributed by atoms with van der Waals surface area (Å²) in [6, 6.07) is 17.0. The Hall–Kier alpha value is -3.52. The van der Waals surface area contributed by atoms with Crippen LogP contribution in [0, 0.1) is 0 Å². The van der Waals surface area contributed by atoms with Crippen LogP contribution < -0.4 is 4.74 Å². The third-order valence-corrected chi connectivity index (χ3v) is 8.97. The van der Waals surface area contributed by atoms with Crippen LogP contribution in [0.25, 0.3) is 22.2 Å². The van der Waals surface area contributed by atoms with Crippen LogP contribution in [0.1, 0.15) is 70.0 Å². The van der Waals surface area contributed by atoms with Crippen molar-refractivity contribution in [2.45, 2.75) is 43.6 Å². The first-order valence-electron chi connectivity index (χ1n) is 13.3. The number of ether oxygens (including phenoxy) is 1. The highest BCUT2D eigenvalue weighted by atomic mass is 35.5. The molecule has 2 aliphatic carbocycles. The second-order valence-corrected chi connectivity index (χ2v) is 11.9. The standard InChI is InChI=1S/C31H24Cl3N3O4/c1-37-26-11-16(7-9-19(26)29(35-37)31(38)39)20-13-21(20)18-10-8-17(12-25(18)34)40-14-22-28(36-41-30(22)15-5-6-15)27-23(32)3-2-4-24(27)33/h2-4,7-12,15,20-21H,5-6,13-14H2,1H3,(H,38,39)/t20-,21+/m1/s1. The summed E-state index contributed by atoms with van der Waals surface area (Å²) in [7, 11) is 1.76. The Balaban J connectivity index is 1.10. The number of hydrogen-bond donors (Lipinski definition) is 1. The van der Waals surface area contributed by atoms with Gasteiger partial charge in [0, 0.05) is 28.9 Å². The summed E-state index contributed by atoms with van der Waals surface area (Å²) in [6.45, 7) is 0.247. The van der Waals surface area contributed by atoms with Crippen LogP contribution in [0.15, 0.2) is 59.1 Å². The Morgan fingerprint density at radius 1 is 1.05 bits per heavy atom. The van der Waals surface area contributed by atoms with Gasteiger partial charge in [-0.2, -0.15) is 5.10 Å². The van der Waals surface area contributed by atoms with Gasteiger partial charge in [0.2, 0.25) is 0 Å². The summed E-state index contributed by atoms with van der Waals surface area (Å²) in [5.41, 5.74) is 5.17. The highest BCUT2D eigenvalue weighted by molar-refractivity contribution is 6.39. The zero-order chi connectivity index (χ0) is 28.4. The first kappa shape index (κ1) is 26.4. The zero-order valence-corrected chi connectivity index (χ0v) is 24.2. The molecular weight excluding hydrogens is 585 g/mol. The minimum Gasteiger partial charge on any atom is -0.489 e. The summed E-state index contributed by atoms with van der Waals surface area (Å²) in [4.78, 5) is 11.5. The lowest BCUT2D eigenvalue weighted by Crippen LogP contribution is -2.00. The number of carboxylic acid groups (broad SMARTS) is 1. The zero-order valence-electron chi connectivity index (χ0n) is 21.9. The van der Waals surface area contributed by atoms with Gasteiger partial charge in [0.05, 0.1) is 21.1 Å². The van der Waals surface area contributed by atoms with Gasteiger partial charge >= 0.3 is 5.97 Å². The van der Waals surface area contributed by atoms with Crippen molar-refractivity contribution in [2.24, 2.45) is 7.05 Å². The molecular formula is C31H24Cl3N3O4. The van der Waals surface area contributed by atoms with E-state index < -0.39 is 5.97 Å². The van der Waals surface area contributed by atoms with Crippen LogP contribution in [-0.4, -0.2) is 26.0 Å². The third kappa shape index (κ3) is 4.76. The number of carboxylic acids is 1. The minimum absolute atomic E-state index is 0.0672. The van der Waals surface area contributed by atoms with Crippen LogP contribution in [0.4, 0.5) is 0 Å². The van der Waals surface area contributed by atoms with Crippen LogP contribution >= 0.6 is 34.8 Å². The lowest BCUT2D eigenvalue weighted by molar-refractivity contribution is 0.0691. The molecule has 2 fully saturated rings. The highest BCUT2D eigenvalue weighted by Gasteiger charge is 2.41. The summed E-state index contributed by atoms with van der Waals surface area (Å²) in [5, 5.41) is 20.2. The smallest absolute Gasteiger partial charge is 0.357 e. The van der Waals surface area contributed by atoms with E-state index in [2.05, 4.69) is 10.3 Å². The molecule has 5 aromatic rings. The molecule has 1 N–H and O–H groups in total. The molecule has 7 rings (SSSR count). The van der Waals surface area contributed by atoms with E-state index >= 15 is 0 Å². The molecule has 208 valence electrons. The predicted octanol–water partition coefficient (Wildman–Crippen LogP) is 8.61. The molecule has 0 saturated heterocycles. The molecule has 0 aliphatic heterocycles. The Labute approximate surface area is 250 Å². The van der Waals surface area contributed by atoms with E-state index in [4.69, 9.17) is 44.1 Å². The maximum Gasteiger partial charge on any atom is 0.357 e. The van der Waals surface area contributed by atoms with Crippen LogP contribution in [0.2, 0.25) is 15.1 Å². The molecule has 0 unspecified atom stereocenters. The summed E-state index contributed by atoms with van der Waals surface area (Å²) in [5.74, 6) is 1.34. The molecule has 10 heteroatoms. The second kappa shape index (κ2) is 10.1. The quantitative estimate of drug-likeness (QED) is 0.190. The Bertz CT molecular complexity index is 1820. The highest BCUT2D eigenvalue weighted by Crippen LogP contribution is 2.56. The van der Waals surface area contributed by atoms with E-state index in [1.54, 1.807) is 29.9 Å². The van der Waals surface area contributed by atoms with Gasteiger partial charge in [0.15, 0.2) is 5.69 Å². The number of hydrogen-bond acceptors (Lipinski definition) is 5. The first-order valence-corrected chi connectivity index (χ1v) is 14.5. The number of benzene rings is 3. The summed E-state index contributed by atoms with van der Waals surface area (Å²) in [6.07, 6.45) is 3.06. The topological polar surface area (TPSA) is 90.4 Å². The van der Waals surface area contributed by atoms with Crippen LogP contribution in [0.3, 0.4) is 0 Å². The molecule has 2 aromatic heterocycles. The van der Waals surface area contributed by atoms with Gasteiger partial charge in [-0.15, -0.1) is 0 Å². The maximum atomic E-state index is 11.5. The molecule has 2 aliphatic rings. The predicted molar refractivity (Wildman–Crippen MR) is 157 cm³/mol. The molecule has 0 amide bonds. The molecule has 3 aromatic carbocycles. The normalized spacial score (nSPS) is 18.1. The molecule has 0 bridgehead atoms. The summed E-state index contributed by atoms with van der Waals surface area (Å²) < 4.78 is 13.6. The maximum absolute atomic E-state index is 11.5. The number of aromatic nitrogens is 3. The SMILES string of the molecule is Cn1nc(C(=O)O)c2ccc([C@H]3C[C@H]3c3ccc(OCc4c(-c5c(Cl)cccc5Cl)noc4C4CC4)cc3Cl)cc21. The fourth-order valence-corrected chi connectivity index (χ4v) is 6.56. The Morgan fingerprint density at radius 3 is 2.54 bits per heavy atom. The number of aromatic carboxylic acids is 1. The van der Waals surface area contributed by atoms with Gasteiger partial charge < -0.3 is 14.4 Å². The van der Waals surface area contributed by atoms with E-state index in [9.17, 15) is 9.90 Å². The van der Waals surface area contributed by atoms with Gasteiger partial charge in [0.1, 0.15) is 23.8 Å². The van der Waals surface area contributed by atoms with Crippen LogP contribution in [0.5, 0.6) is 5.75 Å². The largest absolute Gasteiger partial charge is 0.489 e. The molecule has 2 atom stereocenters. The Kier molecular flexibility index (Phi) is 6.49. The average molecular weight is 609 g/mol. The summed E-state index contributed by atoms with van der Waals surface area (Å²) >= 11 is 19.7. The number of carbonyl (C=O) groups is 1. The van der Waals surface area contributed by atoms with E-state index in [1.165, 1.54) is 0 Å². The number of fused-ring (bicyclic) bond motifs is 1. The van der Waals surface area contributed by atoms with E-state index in [0.717, 1.165) is 47.2 Å².